The molecule has 0 radical (unpaired) electrons. The van der Waals surface area contributed by atoms with Crippen molar-refractivity contribution in [2.45, 2.75) is 26.3 Å². The minimum absolute atomic E-state index is 0.196. The largest absolute Gasteiger partial charge is 0.483 e. The number of nitrogens with zero attached hydrogens (tertiary/aromatic N) is 1. The van der Waals surface area contributed by atoms with Gasteiger partial charge in [0.1, 0.15) is 18.1 Å². The van der Waals surface area contributed by atoms with Crippen LogP contribution in [0.2, 0.25) is 0 Å². The molecule has 0 saturated carbocycles. The van der Waals surface area contributed by atoms with Gasteiger partial charge in [-0.15, -0.1) is 0 Å². The number of hydrogen-bond acceptors (Lipinski definition) is 4. The Labute approximate surface area is 163 Å². The highest BCUT2D eigenvalue weighted by atomic mass is 19.1. The number of rotatable bonds is 7. The molecule has 1 N–H and O–H groups in total. The van der Waals surface area contributed by atoms with Crippen molar-refractivity contribution in [2.24, 2.45) is 0 Å². The Morgan fingerprint density at radius 3 is 2.36 bits per heavy atom. The van der Waals surface area contributed by atoms with Crippen LogP contribution in [-0.4, -0.2) is 41.7 Å². The Morgan fingerprint density at radius 1 is 1.11 bits per heavy atom. The van der Waals surface area contributed by atoms with E-state index in [4.69, 9.17) is 4.74 Å². The Morgan fingerprint density at radius 2 is 1.75 bits per heavy atom. The van der Waals surface area contributed by atoms with Gasteiger partial charge in [-0.25, -0.2) is 4.39 Å². The number of carbonyl (C=O) groups excluding carboxylic acids is 3. The van der Waals surface area contributed by atoms with Crippen LogP contribution in [0.3, 0.4) is 0 Å². The molecule has 7 heteroatoms. The number of nitrogens with one attached hydrogen (secondary N) is 1. The molecular weight excluding hydrogens is 363 g/mol. The fourth-order valence-corrected chi connectivity index (χ4v) is 2.50. The van der Waals surface area contributed by atoms with Crippen LogP contribution in [0, 0.1) is 5.82 Å². The number of para-hydroxylation sites is 1. The summed E-state index contributed by atoms with van der Waals surface area (Å²) in [5.74, 6) is -0.918. The molecule has 0 atom stereocenters. The van der Waals surface area contributed by atoms with E-state index in [-0.39, 0.29) is 13.2 Å². The molecule has 0 aliphatic rings. The highest BCUT2D eigenvalue weighted by molar-refractivity contribution is 5.95. The number of aldehydes is 1. The van der Waals surface area contributed by atoms with Crippen molar-refractivity contribution in [3.05, 3.63) is 59.9 Å². The van der Waals surface area contributed by atoms with Crippen LogP contribution in [0.1, 0.15) is 31.1 Å². The second kappa shape index (κ2) is 9.12. The first-order valence-electron chi connectivity index (χ1n) is 8.73. The van der Waals surface area contributed by atoms with Gasteiger partial charge >= 0.3 is 0 Å². The minimum Gasteiger partial charge on any atom is -0.483 e. The van der Waals surface area contributed by atoms with Gasteiger partial charge in [0.2, 0.25) is 5.91 Å². The van der Waals surface area contributed by atoms with E-state index >= 15 is 0 Å². The quantitative estimate of drug-likeness (QED) is 0.741. The molecule has 2 aromatic rings. The van der Waals surface area contributed by atoms with Crippen LogP contribution in [0.15, 0.2) is 48.5 Å². The molecule has 28 heavy (non-hydrogen) atoms. The zero-order chi connectivity index (χ0) is 20.7. The number of halogens is 1. The summed E-state index contributed by atoms with van der Waals surface area (Å²) < 4.78 is 18.5. The van der Waals surface area contributed by atoms with Gasteiger partial charge in [-0.3, -0.25) is 14.4 Å². The van der Waals surface area contributed by atoms with Gasteiger partial charge in [-0.2, -0.15) is 0 Å². The first kappa shape index (κ1) is 21.1. The Kier molecular flexibility index (Phi) is 6.87. The molecule has 0 aromatic heterocycles. The molecule has 2 aromatic carbocycles. The van der Waals surface area contributed by atoms with Crippen molar-refractivity contribution < 1.29 is 23.5 Å². The number of ether oxygens (including phenoxy) is 1. The number of benzene rings is 2. The predicted octanol–water partition coefficient (Wildman–Crippen LogP) is 3.28. The van der Waals surface area contributed by atoms with Crippen LogP contribution in [0.5, 0.6) is 5.75 Å². The van der Waals surface area contributed by atoms with E-state index in [0.29, 0.717) is 23.3 Å². The van der Waals surface area contributed by atoms with Crippen molar-refractivity contribution in [1.29, 1.82) is 0 Å². The third-order valence-corrected chi connectivity index (χ3v) is 3.94. The summed E-state index contributed by atoms with van der Waals surface area (Å²) in [5, 5.41) is 2.63. The molecular formula is C21H23FN2O4. The number of amides is 2. The molecule has 0 saturated heterocycles. The predicted molar refractivity (Wildman–Crippen MR) is 104 cm³/mol. The van der Waals surface area contributed by atoms with Gasteiger partial charge in [-0.05, 0) is 57.2 Å². The lowest BCUT2D eigenvalue weighted by Gasteiger charge is -2.35. The molecule has 0 spiro atoms. The Hall–Kier alpha value is -3.22. The summed E-state index contributed by atoms with van der Waals surface area (Å²) in [7, 11) is 0. The average molecular weight is 386 g/mol. The van der Waals surface area contributed by atoms with Gasteiger partial charge in [0.25, 0.3) is 5.91 Å². The van der Waals surface area contributed by atoms with Gasteiger partial charge in [0, 0.05) is 11.2 Å². The highest BCUT2D eigenvalue weighted by Gasteiger charge is 2.29. The number of hydrogen-bond donors (Lipinski definition) is 1. The molecule has 6 nitrogen and oxygen atoms in total. The first-order valence-corrected chi connectivity index (χ1v) is 8.73. The monoisotopic (exact) mass is 386 g/mol. The maximum atomic E-state index is 13.0. The summed E-state index contributed by atoms with van der Waals surface area (Å²) in [6, 6.07) is 11.9. The molecule has 0 aliphatic carbocycles. The second-order valence-corrected chi connectivity index (χ2v) is 7.15. The molecule has 0 aliphatic heterocycles. The van der Waals surface area contributed by atoms with E-state index in [1.807, 2.05) is 0 Å². The maximum Gasteiger partial charge on any atom is 0.261 e. The SMILES string of the molecule is CC(C)(C)N(CC(=O)Nc1ccc(F)cc1)C(=O)COc1ccccc1C=O. The smallest absolute Gasteiger partial charge is 0.261 e. The van der Waals surface area contributed by atoms with Gasteiger partial charge in [0.15, 0.2) is 12.9 Å². The van der Waals surface area contributed by atoms with E-state index in [0.717, 1.165) is 0 Å². The van der Waals surface area contributed by atoms with E-state index in [2.05, 4.69) is 5.32 Å². The molecule has 0 bridgehead atoms. The zero-order valence-electron chi connectivity index (χ0n) is 16.1. The zero-order valence-corrected chi connectivity index (χ0v) is 16.1. The second-order valence-electron chi connectivity index (χ2n) is 7.15. The third-order valence-electron chi connectivity index (χ3n) is 3.94. The molecule has 2 rings (SSSR count). The molecule has 2 amide bonds. The van der Waals surface area contributed by atoms with E-state index in [1.165, 1.54) is 29.2 Å². The standard InChI is InChI=1S/C21H23FN2O4/c1-21(2,3)24(12-19(26)23-17-10-8-16(22)9-11-17)20(27)14-28-18-7-5-4-6-15(18)13-25/h4-11,13H,12,14H2,1-3H3,(H,23,26). The van der Waals surface area contributed by atoms with Crippen LogP contribution in [-0.2, 0) is 9.59 Å². The Bertz CT molecular complexity index is 844. The lowest BCUT2D eigenvalue weighted by atomic mass is 10.1. The van der Waals surface area contributed by atoms with Crippen LogP contribution in [0.4, 0.5) is 10.1 Å². The van der Waals surface area contributed by atoms with Crippen molar-refractivity contribution in [3.63, 3.8) is 0 Å². The first-order chi connectivity index (χ1) is 13.2. The van der Waals surface area contributed by atoms with Crippen LogP contribution < -0.4 is 10.1 Å². The number of carbonyl (C=O) groups is 3. The topological polar surface area (TPSA) is 75.7 Å². The average Bonchev–Trinajstić information content (AvgIpc) is 2.65. The summed E-state index contributed by atoms with van der Waals surface area (Å²) in [4.78, 5) is 37.5. The lowest BCUT2D eigenvalue weighted by molar-refractivity contribution is -0.141. The molecule has 0 heterocycles. The van der Waals surface area contributed by atoms with Crippen molar-refractivity contribution >= 4 is 23.8 Å². The van der Waals surface area contributed by atoms with Gasteiger partial charge in [-0.1, -0.05) is 12.1 Å². The van der Waals surface area contributed by atoms with Crippen molar-refractivity contribution in [2.75, 3.05) is 18.5 Å². The third kappa shape index (κ3) is 5.90. The fourth-order valence-electron chi connectivity index (χ4n) is 2.50. The maximum absolute atomic E-state index is 13.0. The molecule has 0 fully saturated rings. The van der Waals surface area contributed by atoms with Crippen molar-refractivity contribution in [3.8, 4) is 5.75 Å². The van der Waals surface area contributed by atoms with Gasteiger partial charge in [0.05, 0.1) is 5.56 Å². The normalized spacial score (nSPS) is 10.9. The summed E-state index contributed by atoms with van der Waals surface area (Å²) in [5.41, 5.74) is 0.139. The fraction of sp³-hybridized carbons (Fsp3) is 0.286. The molecule has 148 valence electrons. The van der Waals surface area contributed by atoms with Crippen molar-refractivity contribution in [1.82, 2.24) is 4.90 Å². The summed E-state index contributed by atoms with van der Waals surface area (Å²) >= 11 is 0. The van der Waals surface area contributed by atoms with E-state index in [9.17, 15) is 18.8 Å². The number of anilines is 1. The van der Waals surface area contributed by atoms with Gasteiger partial charge < -0.3 is 15.0 Å². The Balaban J connectivity index is 2.03. The van der Waals surface area contributed by atoms with Crippen LogP contribution in [0.25, 0.3) is 0 Å². The summed E-state index contributed by atoms with van der Waals surface area (Å²) in [6.07, 6.45) is 0.650. The molecule has 0 unspecified atom stereocenters. The summed E-state index contributed by atoms with van der Waals surface area (Å²) in [6.45, 7) is 4.89. The minimum atomic E-state index is -0.634. The highest BCUT2D eigenvalue weighted by Crippen LogP contribution is 2.18. The lowest BCUT2D eigenvalue weighted by Crippen LogP contribution is -2.51. The van der Waals surface area contributed by atoms with E-state index in [1.54, 1.807) is 45.0 Å². The van der Waals surface area contributed by atoms with Crippen LogP contribution >= 0.6 is 0 Å². The van der Waals surface area contributed by atoms with E-state index < -0.39 is 23.2 Å².